The molecule has 0 radical (unpaired) electrons. The maximum Gasteiger partial charge on any atom is 0.169 e. The molecule has 3 nitrogen and oxygen atoms in total. The van der Waals surface area contributed by atoms with Crippen LogP contribution in [0.15, 0.2) is 42.5 Å². The first-order chi connectivity index (χ1) is 8.76. The third-order valence-corrected chi connectivity index (χ3v) is 2.67. The van der Waals surface area contributed by atoms with Crippen molar-refractivity contribution in [2.75, 3.05) is 14.2 Å². The van der Waals surface area contributed by atoms with Gasteiger partial charge in [-0.15, -0.1) is 0 Å². The predicted molar refractivity (Wildman–Crippen MR) is 70.8 cm³/mol. The molecule has 2 aromatic rings. The maximum atomic E-state index is 5.85. The van der Waals surface area contributed by atoms with Crippen LogP contribution in [0.4, 0.5) is 0 Å². The van der Waals surface area contributed by atoms with Gasteiger partial charge in [-0.3, -0.25) is 0 Å². The third-order valence-electron chi connectivity index (χ3n) is 2.67. The van der Waals surface area contributed by atoms with E-state index in [1.807, 2.05) is 49.4 Å². The second-order valence-corrected chi connectivity index (χ2v) is 3.86. The number of benzene rings is 2. The van der Waals surface area contributed by atoms with Crippen LogP contribution in [0.3, 0.4) is 0 Å². The lowest BCUT2D eigenvalue weighted by atomic mass is 10.2. The van der Waals surface area contributed by atoms with Crippen molar-refractivity contribution in [1.29, 1.82) is 0 Å². The summed E-state index contributed by atoms with van der Waals surface area (Å²) in [5.74, 6) is 2.79. The van der Waals surface area contributed by atoms with Crippen molar-refractivity contribution in [3.63, 3.8) is 0 Å². The Hall–Kier alpha value is -2.16. The number of ether oxygens (including phenoxy) is 3. The molecule has 0 saturated heterocycles. The fraction of sp³-hybridized carbons (Fsp3) is 0.200. The fourth-order valence-electron chi connectivity index (χ4n) is 1.79. The summed E-state index contributed by atoms with van der Waals surface area (Å²) >= 11 is 0. The summed E-state index contributed by atoms with van der Waals surface area (Å²) < 4.78 is 16.5. The van der Waals surface area contributed by atoms with E-state index in [1.54, 1.807) is 14.2 Å². The zero-order chi connectivity index (χ0) is 13.0. The van der Waals surface area contributed by atoms with Crippen molar-refractivity contribution in [2.24, 2.45) is 0 Å². The van der Waals surface area contributed by atoms with E-state index >= 15 is 0 Å². The molecule has 0 atom stereocenters. The van der Waals surface area contributed by atoms with E-state index in [-0.39, 0.29) is 0 Å². The molecule has 0 aliphatic carbocycles. The highest BCUT2D eigenvalue weighted by Gasteiger charge is 2.10. The average molecular weight is 244 g/mol. The Kier molecular flexibility index (Phi) is 3.72. The number of hydrogen-bond acceptors (Lipinski definition) is 3. The lowest BCUT2D eigenvalue weighted by Gasteiger charge is -2.14. The Morgan fingerprint density at radius 2 is 1.39 bits per heavy atom. The first kappa shape index (κ1) is 12.3. The highest BCUT2D eigenvalue weighted by atomic mass is 16.5. The molecule has 18 heavy (non-hydrogen) atoms. The van der Waals surface area contributed by atoms with Crippen LogP contribution in [-0.2, 0) is 0 Å². The van der Waals surface area contributed by atoms with Gasteiger partial charge >= 0.3 is 0 Å². The Morgan fingerprint density at radius 1 is 0.722 bits per heavy atom. The number of para-hydroxylation sites is 3. The van der Waals surface area contributed by atoms with Gasteiger partial charge in [0.1, 0.15) is 0 Å². The fourth-order valence-corrected chi connectivity index (χ4v) is 1.79. The molecular formula is C15H16O3. The second-order valence-electron chi connectivity index (χ2n) is 3.86. The summed E-state index contributed by atoms with van der Waals surface area (Å²) in [6, 6.07) is 13.3. The standard InChI is InChI=1S/C15H16O3/c1-11-7-6-10-14(15(11)17-3)18-13-9-5-4-8-12(13)16-2/h4-10H,1-3H3. The van der Waals surface area contributed by atoms with Gasteiger partial charge in [-0.25, -0.2) is 0 Å². The Morgan fingerprint density at radius 3 is 2.06 bits per heavy atom. The van der Waals surface area contributed by atoms with Crippen LogP contribution < -0.4 is 14.2 Å². The molecule has 0 spiro atoms. The van der Waals surface area contributed by atoms with Crippen LogP contribution in [-0.4, -0.2) is 14.2 Å². The average Bonchev–Trinajstić information content (AvgIpc) is 2.40. The Bertz CT molecular complexity index is 535. The SMILES string of the molecule is COc1ccccc1Oc1cccc(C)c1OC. The first-order valence-corrected chi connectivity index (χ1v) is 5.70. The number of rotatable bonds is 4. The Labute approximate surface area is 107 Å². The van der Waals surface area contributed by atoms with Gasteiger partial charge in [-0.2, -0.15) is 0 Å². The van der Waals surface area contributed by atoms with Crippen LogP contribution in [0.5, 0.6) is 23.0 Å². The van der Waals surface area contributed by atoms with E-state index in [0.717, 1.165) is 11.3 Å². The molecule has 0 fully saturated rings. The molecule has 0 saturated carbocycles. The molecule has 3 heteroatoms. The van der Waals surface area contributed by atoms with Gasteiger partial charge in [-0.1, -0.05) is 24.3 Å². The number of hydrogen-bond donors (Lipinski definition) is 0. The molecule has 2 rings (SSSR count). The second kappa shape index (κ2) is 5.45. The van der Waals surface area contributed by atoms with Crippen molar-refractivity contribution in [2.45, 2.75) is 6.92 Å². The topological polar surface area (TPSA) is 27.7 Å². The van der Waals surface area contributed by atoms with Gasteiger partial charge in [-0.05, 0) is 30.7 Å². The quantitative estimate of drug-likeness (QED) is 0.818. The summed E-state index contributed by atoms with van der Waals surface area (Å²) in [6.45, 7) is 1.98. The molecule has 94 valence electrons. The molecule has 0 bridgehead atoms. The van der Waals surface area contributed by atoms with Gasteiger partial charge in [0.2, 0.25) is 0 Å². The molecule has 0 amide bonds. The third kappa shape index (κ3) is 2.40. The summed E-state index contributed by atoms with van der Waals surface area (Å²) in [5.41, 5.74) is 1.03. The molecule has 0 N–H and O–H groups in total. The lowest BCUT2D eigenvalue weighted by molar-refractivity contribution is 0.355. The molecule has 0 aliphatic heterocycles. The molecule has 0 unspecified atom stereocenters. The smallest absolute Gasteiger partial charge is 0.169 e. The van der Waals surface area contributed by atoms with Crippen molar-refractivity contribution in [3.05, 3.63) is 48.0 Å². The van der Waals surface area contributed by atoms with E-state index in [0.29, 0.717) is 17.2 Å². The largest absolute Gasteiger partial charge is 0.493 e. The molecule has 0 heterocycles. The van der Waals surface area contributed by atoms with Crippen LogP contribution >= 0.6 is 0 Å². The highest BCUT2D eigenvalue weighted by molar-refractivity contribution is 5.50. The van der Waals surface area contributed by atoms with E-state index in [1.165, 1.54) is 0 Å². The van der Waals surface area contributed by atoms with Gasteiger partial charge in [0.25, 0.3) is 0 Å². The molecule has 0 aromatic heterocycles. The van der Waals surface area contributed by atoms with Crippen molar-refractivity contribution in [3.8, 4) is 23.0 Å². The zero-order valence-electron chi connectivity index (χ0n) is 10.8. The van der Waals surface area contributed by atoms with E-state index in [2.05, 4.69) is 0 Å². The maximum absolute atomic E-state index is 5.85. The highest BCUT2D eigenvalue weighted by Crippen LogP contribution is 2.37. The normalized spacial score (nSPS) is 9.94. The summed E-state index contributed by atoms with van der Waals surface area (Å²) in [5, 5.41) is 0. The number of methoxy groups -OCH3 is 2. The van der Waals surface area contributed by atoms with Gasteiger partial charge in [0.05, 0.1) is 14.2 Å². The summed E-state index contributed by atoms with van der Waals surface area (Å²) in [4.78, 5) is 0. The van der Waals surface area contributed by atoms with Gasteiger partial charge < -0.3 is 14.2 Å². The lowest BCUT2D eigenvalue weighted by Crippen LogP contribution is -1.94. The van der Waals surface area contributed by atoms with Gasteiger partial charge in [0, 0.05) is 0 Å². The molecular weight excluding hydrogens is 228 g/mol. The summed E-state index contributed by atoms with van der Waals surface area (Å²) in [7, 11) is 3.26. The van der Waals surface area contributed by atoms with E-state index in [4.69, 9.17) is 14.2 Å². The van der Waals surface area contributed by atoms with E-state index in [9.17, 15) is 0 Å². The van der Waals surface area contributed by atoms with Gasteiger partial charge in [0.15, 0.2) is 23.0 Å². The monoisotopic (exact) mass is 244 g/mol. The Balaban J connectivity index is 2.37. The predicted octanol–water partition coefficient (Wildman–Crippen LogP) is 3.80. The van der Waals surface area contributed by atoms with Crippen LogP contribution in [0.1, 0.15) is 5.56 Å². The van der Waals surface area contributed by atoms with Crippen LogP contribution in [0, 0.1) is 6.92 Å². The summed E-state index contributed by atoms with van der Waals surface area (Å²) in [6.07, 6.45) is 0. The minimum absolute atomic E-state index is 0.670. The minimum Gasteiger partial charge on any atom is -0.493 e. The van der Waals surface area contributed by atoms with Crippen molar-refractivity contribution in [1.82, 2.24) is 0 Å². The molecule has 2 aromatic carbocycles. The van der Waals surface area contributed by atoms with Crippen molar-refractivity contribution >= 4 is 0 Å². The zero-order valence-corrected chi connectivity index (χ0v) is 10.8. The van der Waals surface area contributed by atoms with Crippen LogP contribution in [0.25, 0.3) is 0 Å². The first-order valence-electron chi connectivity index (χ1n) is 5.70. The minimum atomic E-state index is 0.670. The number of aryl methyl sites for hydroxylation is 1. The van der Waals surface area contributed by atoms with Crippen molar-refractivity contribution < 1.29 is 14.2 Å². The molecule has 0 aliphatic rings. The van der Waals surface area contributed by atoms with E-state index < -0.39 is 0 Å². The van der Waals surface area contributed by atoms with Crippen LogP contribution in [0.2, 0.25) is 0 Å².